The zero-order chi connectivity index (χ0) is 19.8. The number of nitrogens with zero attached hydrogens (tertiary/aromatic N) is 4. The molecular weight excluding hydrogens is 387 g/mol. The Kier molecular flexibility index (Phi) is 5.37. The minimum Gasteiger partial charge on any atom is -0.339 e. The molecule has 2 fully saturated rings. The van der Waals surface area contributed by atoms with Crippen molar-refractivity contribution in [1.82, 2.24) is 19.7 Å². The molecule has 0 spiro atoms. The third-order valence-corrected chi connectivity index (χ3v) is 7.63. The van der Waals surface area contributed by atoms with Gasteiger partial charge >= 0.3 is 0 Å². The van der Waals surface area contributed by atoms with Gasteiger partial charge in [0.25, 0.3) is 0 Å². The van der Waals surface area contributed by atoms with E-state index in [2.05, 4.69) is 9.80 Å². The molecule has 2 aliphatic heterocycles. The maximum atomic E-state index is 13.5. The quantitative estimate of drug-likeness (QED) is 0.771. The standard InChI is InChI=1S/C22H27FN4OS/c23-17-4-1-3-16(13-17)22-24-19-7-8-25(14-20(19)29-22)15-21(28)27-11-9-26(10-12-27)18-5-2-6-18/h1,3-4,13,18H,2,5-12,14-15H2. The molecule has 1 amide bonds. The molecular formula is C22H27FN4OS. The minimum atomic E-state index is -0.236. The Hall–Kier alpha value is -1.83. The summed E-state index contributed by atoms with van der Waals surface area (Å²) in [6.07, 6.45) is 4.87. The molecule has 1 saturated carbocycles. The van der Waals surface area contributed by atoms with Crippen LogP contribution < -0.4 is 0 Å². The van der Waals surface area contributed by atoms with E-state index in [1.807, 2.05) is 11.0 Å². The first-order valence-electron chi connectivity index (χ1n) is 10.6. The van der Waals surface area contributed by atoms with Crippen LogP contribution in [0, 0.1) is 5.82 Å². The molecule has 0 bridgehead atoms. The molecule has 29 heavy (non-hydrogen) atoms. The summed E-state index contributed by atoms with van der Waals surface area (Å²) in [7, 11) is 0. The number of amides is 1. The molecule has 2 aromatic rings. The van der Waals surface area contributed by atoms with Gasteiger partial charge in [0.05, 0.1) is 12.2 Å². The highest BCUT2D eigenvalue weighted by Gasteiger charge is 2.30. The zero-order valence-corrected chi connectivity index (χ0v) is 17.5. The van der Waals surface area contributed by atoms with Crippen LogP contribution in [-0.2, 0) is 17.8 Å². The van der Waals surface area contributed by atoms with Crippen LogP contribution in [0.15, 0.2) is 24.3 Å². The van der Waals surface area contributed by atoms with Crippen molar-refractivity contribution in [3.05, 3.63) is 40.7 Å². The second-order valence-corrected chi connectivity index (χ2v) is 9.44. The number of rotatable bonds is 4. The van der Waals surface area contributed by atoms with Crippen molar-refractivity contribution in [2.75, 3.05) is 39.3 Å². The molecule has 0 radical (unpaired) electrons. The lowest BCUT2D eigenvalue weighted by molar-refractivity contribution is -0.135. The van der Waals surface area contributed by atoms with Crippen molar-refractivity contribution in [2.45, 2.75) is 38.3 Å². The second kappa shape index (κ2) is 8.13. The molecule has 1 aromatic heterocycles. The third-order valence-electron chi connectivity index (χ3n) is 6.50. The van der Waals surface area contributed by atoms with Crippen molar-refractivity contribution >= 4 is 17.2 Å². The second-order valence-electron chi connectivity index (χ2n) is 8.36. The van der Waals surface area contributed by atoms with Gasteiger partial charge in [-0.1, -0.05) is 18.6 Å². The molecule has 5 nitrogen and oxygen atoms in total. The fourth-order valence-corrected chi connectivity index (χ4v) is 5.65. The van der Waals surface area contributed by atoms with Crippen molar-refractivity contribution < 1.29 is 9.18 Å². The summed E-state index contributed by atoms with van der Waals surface area (Å²) in [4.78, 5) is 25.6. The molecule has 3 heterocycles. The maximum absolute atomic E-state index is 13.5. The van der Waals surface area contributed by atoms with E-state index >= 15 is 0 Å². The molecule has 3 aliphatic rings. The summed E-state index contributed by atoms with van der Waals surface area (Å²) < 4.78 is 13.5. The topological polar surface area (TPSA) is 39.7 Å². The summed E-state index contributed by atoms with van der Waals surface area (Å²) in [5.41, 5.74) is 1.93. The molecule has 0 N–H and O–H groups in total. The van der Waals surface area contributed by atoms with Gasteiger partial charge in [0.2, 0.25) is 5.91 Å². The molecule has 154 valence electrons. The van der Waals surface area contributed by atoms with E-state index in [0.29, 0.717) is 6.54 Å². The molecule has 1 aromatic carbocycles. The predicted molar refractivity (Wildman–Crippen MR) is 112 cm³/mol. The minimum absolute atomic E-state index is 0.236. The van der Waals surface area contributed by atoms with Crippen LogP contribution in [0.5, 0.6) is 0 Å². The van der Waals surface area contributed by atoms with Crippen molar-refractivity contribution in [1.29, 1.82) is 0 Å². The van der Waals surface area contributed by atoms with Gasteiger partial charge in [-0.2, -0.15) is 0 Å². The number of halogens is 1. The van der Waals surface area contributed by atoms with E-state index in [9.17, 15) is 9.18 Å². The number of hydrogen-bond donors (Lipinski definition) is 0. The van der Waals surface area contributed by atoms with Gasteiger partial charge in [-0.25, -0.2) is 9.37 Å². The average Bonchev–Trinajstić information content (AvgIpc) is 3.11. The summed E-state index contributed by atoms with van der Waals surface area (Å²) in [5.74, 6) is 0.0110. The fraction of sp³-hybridized carbons (Fsp3) is 0.545. The van der Waals surface area contributed by atoms with Crippen LogP contribution >= 0.6 is 11.3 Å². The highest BCUT2D eigenvalue weighted by molar-refractivity contribution is 7.15. The normalized spacial score (nSPS) is 21.1. The van der Waals surface area contributed by atoms with Crippen molar-refractivity contribution in [3.8, 4) is 10.6 Å². The summed E-state index contributed by atoms with van der Waals surface area (Å²) >= 11 is 1.62. The SMILES string of the molecule is O=C(CN1CCc2nc(-c3cccc(F)c3)sc2C1)N1CCN(C2CCC2)CC1. The Morgan fingerprint density at radius 3 is 2.72 bits per heavy atom. The number of fused-ring (bicyclic) bond motifs is 1. The first-order chi connectivity index (χ1) is 14.2. The van der Waals surface area contributed by atoms with Gasteiger partial charge in [0.15, 0.2) is 0 Å². The van der Waals surface area contributed by atoms with Gasteiger partial charge in [-0.15, -0.1) is 11.3 Å². The molecule has 0 atom stereocenters. The lowest BCUT2D eigenvalue weighted by Crippen LogP contribution is -2.55. The molecule has 5 rings (SSSR count). The van der Waals surface area contributed by atoms with Crippen LogP contribution in [-0.4, -0.2) is 70.9 Å². The monoisotopic (exact) mass is 414 g/mol. The number of thiazole rings is 1. The summed E-state index contributed by atoms with van der Waals surface area (Å²) in [6, 6.07) is 7.38. The van der Waals surface area contributed by atoms with Gasteiger partial charge in [0, 0.05) is 62.2 Å². The van der Waals surface area contributed by atoms with E-state index in [4.69, 9.17) is 4.98 Å². The zero-order valence-electron chi connectivity index (χ0n) is 16.6. The number of carbonyl (C=O) groups is 1. The highest BCUT2D eigenvalue weighted by Crippen LogP contribution is 2.32. The van der Waals surface area contributed by atoms with Gasteiger partial charge in [0.1, 0.15) is 10.8 Å². The first kappa shape index (κ1) is 19.2. The number of piperazine rings is 1. The molecule has 1 aliphatic carbocycles. The fourth-order valence-electron chi connectivity index (χ4n) is 4.51. The number of benzene rings is 1. The number of carbonyl (C=O) groups excluding carboxylic acids is 1. The Morgan fingerprint density at radius 1 is 1.17 bits per heavy atom. The van der Waals surface area contributed by atoms with E-state index in [1.54, 1.807) is 17.4 Å². The Morgan fingerprint density at radius 2 is 2.00 bits per heavy atom. The van der Waals surface area contributed by atoms with E-state index in [-0.39, 0.29) is 11.7 Å². The van der Waals surface area contributed by atoms with Crippen LogP contribution in [0.1, 0.15) is 29.8 Å². The lowest BCUT2D eigenvalue weighted by atomic mass is 9.91. The Balaban J connectivity index is 1.17. The molecule has 0 unspecified atom stereocenters. The van der Waals surface area contributed by atoms with E-state index < -0.39 is 0 Å². The van der Waals surface area contributed by atoms with Crippen molar-refractivity contribution in [3.63, 3.8) is 0 Å². The van der Waals surface area contributed by atoms with E-state index in [1.165, 1.54) is 36.3 Å². The van der Waals surface area contributed by atoms with Crippen LogP contribution in [0.3, 0.4) is 0 Å². The third kappa shape index (κ3) is 4.09. The van der Waals surface area contributed by atoms with Gasteiger partial charge in [-0.3, -0.25) is 14.6 Å². The first-order valence-corrected chi connectivity index (χ1v) is 11.5. The Bertz CT molecular complexity index is 889. The number of aromatic nitrogens is 1. The van der Waals surface area contributed by atoms with Crippen LogP contribution in [0.25, 0.3) is 10.6 Å². The van der Waals surface area contributed by atoms with Crippen LogP contribution in [0.4, 0.5) is 4.39 Å². The predicted octanol–water partition coefficient (Wildman–Crippen LogP) is 3.00. The van der Waals surface area contributed by atoms with Gasteiger partial charge < -0.3 is 4.90 Å². The Labute approximate surface area is 175 Å². The smallest absolute Gasteiger partial charge is 0.236 e. The van der Waals surface area contributed by atoms with Crippen LogP contribution in [0.2, 0.25) is 0 Å². The summed E-state index contributed by atoms with van der Waals surface area (Å²) in [5, 5.41) is 0.870. The highest BCUT2D eigenvalue weighted by atomic mass is 32.1. The average molecular weight is 415 g/mol. The summed E-state index contributed by atoms with van der Waals surface area (Å²) in [6.45, 7) is 5.86. The van der Waals surface area contributed by atoms with Gasteiger partial charge in [-0.05, 0) is 25.0 Å². The van der Waals surface area contributed by atoms with E-state index in [0.717, 1.165) is 68.0 Å². The lowest BCUT2D eigenvalue weighted by Gasteiger charge is -2.43. The maximum Gasteiger partial charge on any atom is 0.236 e. The largest absolute Gasteiger partial charge is 0.339 e. The molecule has 7 heteroatoms. The molecule has 1 saturated heterocycles. The number of hydrogen-bond acceptors (Lipinski definition) is 5. The van der Waals surface area contributed by atoms with Crippen molar-refractivity contribution in [2.24, 2.45) is 0 Å².